The minimum absolute atomic E-state index is 0.00873. The first-order valence-electron chi connectivity index (χ1n) is 5.09. The first kappa shape index (κ1) is 12.8. The topological polar surface area (TPSA) is 58.4 Å². The first-order chi connectivity index (χ1) is 7.58. The maximum absolute atomic E-state index is 11.3. The molecule has 5 heteroatoms. The number of amides is 1. The van der Waals surface area contributed by atoms with Crippen LogP contribution in [-0.2, 0) is 4.79 Å². The van der Waals surface area contributed by atoms with Crippen molar-refractivity contribution in [2.24, 2.45) is 0 Å². The summed E-state index contributed by atoms with van der Waals surface area (Å²) in [5.74, 6) is -0.00873. The summed E-state index contributed by atoms with van der Waals surface area (Å²) in [7, 11) is 1.63. The van der Waals surface area contributed by atoms with Gasteiger partial charge in [0.15, 0.2) is 0 Å². The maximum Gasteiger partial charge on any atom is 0.239 e. The smallest absolute Gasteiger partial charge is 0.239 e. The van der Waals surface area contributed by atoms with E-state index in [0.29, 0.717) is 12.2 Å². The number of halogens is 1. The average Bonchev–Trinajstić information content (AvgIpc) is 2.26. The number of hydrogen-bond donors (Lipinski definition) is 2. The molecule has 0 heterocycles. The lowest BCUT2D eigenvalue weighted by atomic mass is 10.2. The van der Waals surface area contributed by atoms with Crippen molar-refractivity contribution in [2.45, 2.75) is 6.92 Å². The third kappa shape index (κ3) is 3.13. The second kappa shape index (κ2) is 5.75. The fourth-order valence-electron chi connectivity index (χ4n) is 1.40. The van der Waals surface area contributed by atoms with Crippen LogP contribution < -0.4 is 16.0 Å². The molecular formula is C11H16BrN3O. The number of nitrogens with zero attached hydrogens (tertiary/aromatic N) is 1. The van der Waals surface area contributed by atoms with Gasteiger partial charge in [-0.2, -0.15) is 0 Å². The third-order valence-electron chi connectivity index (χ3n) is 2.31. The molecular weight excluding hydrogens is 270 g/mol. The molecule has 0 aliphatic rings. The zero-order valence-electron chi connectivity index (χ0n) is 9.46. The molecule has 0 radical (unpaired) electrons. The molecule has 0 aliphatic carbocycles. The Morgan fingerprint density at radius 3 is 2.75 bits per heavy atom. The van der Waals surface area contributed by atoms with Crippen molar-refractivity contribution < 1.29 is 4.79 Å². The standard InChI is InChI=1S/C11H16BrN3O/c1-3-15(7-11(16)14-2)10-5-4-8(13)6-9(10)12/h4-6H,3,7,13H2,1-2H3,(H,14,16). The summed E-state index contributed by atoms with van der Waals surface area (Å²) in [4.78, 5) is 13.3. The van der Waals surface area contributed by atoms with E-state index in [9.17, 15) is 4.79 Å². The van der Waals surface area contributed by atoms with Crippen LogP contribution in [0, 0.1) is 0 Å². The van der Waals surface area contributed by atoms with Gasteiger partial charge >= 0.3 is 0 Å². The molecule has 0 fully saturated rings. The van der Waals surface area contributed by atoms with Crippen LogP contribution in [0.4, 0.5) is 11.4 Å². The lowest BCUT2D eigenvalue weighted by molar-refractivity contribution is -0.119. The molecule has 88 valence electrons. The average molecular weight is 286 g/mol. The molecule has 0 aromatic heterocycles. The van der Waals surface area contributed by atoms with Gasteiger partial charge in [-0.3, -0.25) is 4.79 Å². The molecule has 1 amide bonds. The number of likely N-dealkylation sites (N-methyl/N-ethyl adjacent to an activating group) is 2. The zero-order valence-corrected chi connectivity index (χ0v) is 11.0. The highest BCUT2D eigenvalue weighted by molar-refractivity contribution is 9.10. The number of nitrogens with two attached hydrogens (primary N) is 1. The lowest BCUT2D eigenvalue weighted by Crippen LogP contribution is -2.35. The Balaban J connectivity index is 2.90. The Kier molecular flexibility index (Phi) is 4.61. The van der Waals surface area contributed by atoms with Crippen LogP contribution in [0.3, 0.4) is 0 Å². The van der Waals surface area contributed by atoms with Crippen LogP contribution in [0.15, 0.2) is 22.7 Å². The molecule has 0 aliphatic heterocycles. The Bertz CT molecular complexity index is 381. The summed E-state index contributed by atoms with van der Waals surface area (Å²) in [5, 5.41) is 2.61. The number of nitrogen functional groups attached to an aromatic ring is 1. The largest absolute Gasteiger partial charge is 0.399 e. The summed E-state index contributed by atoms with van der Waals surface area (Å²) in [6, 6.07) is 5.57. The van der Waals surface area contributed by atoms with E-state index in [4.69, 9.17) is 5.73 Å². The summed E-state index contributed by atoms with van der Waals surface area (Å²) in [5.41, 5.74) is 7.34. The van der Waals surface area contributed by atoms with E-state index in [0.717, 1.165) is 16.7 Å². The fourth-order valence-corrected chi connectivity index (χ4v) is 2.05. The Morgan fingerprint density at radius 1 is 1.56 bits per heavy atom. The Labute approximate surface area is 104 Å². The van der Waals surface area contributed by atoms with Gasteiger partial charge in [-0.25, -0.2) is 0 Å². The SMILES string of the molecule is CCN(CC(=O)NC)c1ccc(N)cc1Br. The monoisotopic (exact) mass is 285 g/mol. The molecule has 1 aromatic rings. The van der Waals surface area contributed by atoms with Crippen molar-refractivity contribution in [1.82, 2.24) is 5.32 Å². The van der Waals surface area contributed by atoms with Crippen LogP contribution in [0.1, 0.15) is 6.92 Å². The maximum atomic E-state index is 11.3. The minimum Gasteiger partial charge on any atom is -0.399 e. The number of carbonyl (C=O) groups is 1. The normalized spacial score (nSPS) is 9.94. The number of benzene rings is 1. The second-order valence-electron chi connectivity index (χ2n) is 3.40. The van der Waals surface area contributed by atoms with Crippen molar-refractivity contribution in [2.75, 3.05) is 30.8 Å². The van der Waals surface area contributed by atoms with E-state index in [-0.39, 0.29) is 5.91 Å². The fraction of sp³-hybridized carbons (Fsp3) is 0.364. The second-order valence-corrected chi connectivity index (χ2v) is 4.25. The molecule has 0 atom stereocenters. The summed E-state index contributed by atoms with van der Waals surface area (Å²) in [6.45, 7) is 3.11. The predicted octanol–water partition coefficient (Wildman–Crippen LogP) is 1.60. The highest BCUT2D eigenvalue weighted by Crippen LogP contribution is 2.27. The van der Waals surface area contributed by atoms with Gasteiger partial charge in [-0.05, 0) is 41.1 Å². The summed E-state index contributed by atoms with van der Waals surface area (Å²) >= 11 is 3.45. The third-order valence-corrected chi connectivity index (χ3v) is 2.94. The van der Waals surface area contributed by atoms with Crippen molar-refractivity contribution in [3.8, 4) is 0 Å². The molecule has 0 spiro atoms. The number of carbonyl (C=O) groups excluding carboxylic acids is 1. The van der Waals surface area contributed by atoms with Crippen molar-refractivity contribution in [3.63, 3.8) is 0 Å². The van der Waals surface area contributed by atoms with Crippen molar-refractivity contribution in [3.05, 3.63) is 22.7 Å². The van der Waals surface area contributed by atoms with Crippen molar-refractivity contribution in [1.29, 1.82) is 0 Å². The van der Waals surface area contributed by atoms with Crippen LogP contribution in [0.5, 0.6) is 0 Å². The Hall–Kier alpha value is -1.23. The van der Waals surface area contributed by atoms with Crippen LogP contribution in [0.25, 0.3) is 0 Å². The van der Waals surface area contributed by atoms with Gasteiger partial charge in [0.2, 0.25) is 5.91 Å². The van der Waals surface area contributed by atoms with E-state index in [1.807, 2.05) is 30.0 Å². The molecule has 3 N–H and O–H groups in total. The molecule has 0 saturated heterocycles. The van der Waals surface area contributed by atoms with Gasteiger partial charge < -0.3 is 16.0 Å². The molecule has 0 bridgehead atoms. The van der Waals surface area contributed by atoms with Gasteiger partial charge in [0.05, 0.1) is 12.2 Å². The minimum atomic E-state index is -0.00873. The van der Waals surface area contributed by atoms with E-state index in [2.05, 4.69) is 21.2 Å². The van der Waals surface area contributed by atoms with E-state index in [1.54, 1.807) is 7.05 Å². The van der Waals surface area contributed by atoms with Gasteiger partial charge in [0, 0.05) is 23.8 Å². The van der Waals surface area contributed by atoms with Gasteiger partial charge in [0.25, 0.3) is 0 Å². The number of anilines is 2. The first-order valence-corrected chi connectivity index (χ1v) is 5.88. The number of hydrogen-bond acceptors (Lipinski definition) is 3. The summed E-state index contributed by atoms with van der Waals surface area (Å²) < 4.78 is 0.901. The quantitative estimate of drug-likeness (QED) is 0.827. The van der Waals surface area contributed by atoms with E-state index >= 15 is 0 Å². The van der Waals surface area contributed by atoms with Crippen LogP contribution >= 0.6 is 15.9 Å². The Morgan fingerprint density at radius 2 is 2.25 bits per heavy atom. The molecule has 4 nitrogen and oxygen atoms in total. The number of rotatable bonds is 4. The van der Waals surface area contributed by atoms with Crippen LogP contribution in [-0.4, -0.2) is 26.0 Å². The molecule has 1 rings (SSSR count). The van der Waals surface area contributed by atoms with E-state index in [1.165, 1.54) is 0 Å². The van der Waals surface area contributed by atoms with Gasteiger partial charge in [0.1, 0.15) is 0 Å². The zero-order chi connectivity index (χ0) is 12.1. The van der Waals surface area contributed by atoms with Gasteiger partial charge in [-0.15, -0.1) is 0 Å². The van der Waals surface area contributed by atoms with Crippen LogP contribution in [0.2, 0.25) is 0 Å². The molecule has 16 heavy (non-hydrogen) atoms. The highest BCUT2D eigenvalue weighted by Gasteiger charge is 2.11. The summed E-state index contributed by atoms with van der Waals surface area (Å²) in [6.07, 6.45) is 0. The van der Waals surface area contributed by atoms with E-state index < -0.39 is 0 Å². The molecule has 1 aromatic carbocycles. The van der Waals surface area contributed by atoms with Crippen molar-refractivity contribution >= 4 is 33.2 Å². The lowest BCUT2D eigenvalue weighted by Gasteiger charge is -2.23. The predicted molar refractivity (Wildman–Crippen MR) is 70.5 cm³/mol. The molecule has 0 unspecified atom stereocenters. The number of nitrogens with one attached hydrogen (secondary N) is 1. The highest BCUT2D eigenvalue weighted by atomic mass is 79.9. The molecule has 0 saturated carbocycles. The van der Waals surface area contributed by atoms with Gasteiger partial charge in [-0.1, -0.05) is 0 Å².